The maximum absolute atomic E-state index is 9.59. The van der Waals surface area contributed by atoms with Crippen molar-refractivity contribution in [2.45, 2.75) is 25.5 Å². The van der Waals surface area contributed by atoms with Gasteiger partial charge in [0.05, 0.1) is 20.5 Å². The molecule has 1 aliphatic heterocycles. The van der Waals surface area contributed by atoms with E-state index in [1.807, 2.05) is 12.3 Å². The van der Waals surface area contributed by atoms with E-state index < -0.39 is 0 Å². The zero-order valence-corrected chi connectivity index (χ0v) is 11.0. The van der Waals surface area contributed by atoms with E-state index in [9.17, 15) is 5.11 Å². The van der Waals surface area contributed by atoms with Crippen LogP contribution in [0.25, 0.3) is 10.6 Å². The van der Waals surface area contributed by atoms with Crippen LogP contribution in [0.3, 0.4) is 0 Å². The third kappa shape index (κ3) is 1.83. The van der Waals surface area contributed by atoms with E-state index in [0.29, 0.717) is 6.54 Å². The molecule has 0 saturated carbocycles. The molecule has 0 aromatic carbocycles. The molecule has 0 amide bonds. The quantitative estimate of drug-likeness (QED) is 0.879. The van der Waals surface area contributed by atoms with Crippen molar-refractivity contribution in [3.05, 3.63) is 27.9 Å². The van der Waals surface area contributed by atoms with Crippen LogP contribution < -0.4 is 0 Å². The average Bonchev–Trinajstić information content (AvgIpc) is 2.83. The van der Waals surface area contributed by atoms with Crippen molar-refractivity contribution < 1.29 is 5.11 Å². The molecule has 3 rings (SSSR count). The topological polar surface area (TPSA) is 38.1 Å². The van der Waals surface area contributed by atoms with Gasteiger partial charge in [-0.2, -0.15) is 0 Å². The Morgan fingerprint density at radius 2 is 2.38 bits per heavy atom. The summed E-state index contributed by atoms with van der Waals surface area (Å²) in [5, 5.41) is 9.59. The number of hydrogen-bond acceptors (Lipinski definition) is 3. The van der Waals surface area contributed by atoms with Crippen molar-refractivity contribution in [3.8, 4) is 10.6 Å². The number of aromatic nitrogens is 2. The van der Waals surface area contributed by atoms with Crippen LogP contribution in [0, 0.1) is 0 Å². The molecule has 0 bridgehead atoms. The van der Waals surface area contributed by atoms with E-state index >= 15 is 0 Å². The molecular formula is C11H11BrN2OS. The smallest absolute Gasteiger partial charge is 0.109 e. The maximum Gasteiger partial charge on any atom is 0.109 e. The molecule has 1 N–H and O–H groups in total. The fourth-order valence-electron chi connectivity index (χ4n) is 2.00. The Bertz CT molecular complexity index is 520. The van der Waals surface area contributed by atoms with Crippen LogP contribution >= 0.6 is 27.3 Å². The molecule has 0 aliphatic carbocycles. The summed E-state index contributed by atoms with van der Waals surface area (Å²) >= 11 is 5.14. The van der Waals surface area contributed by atoms with E-state index in [1.165, 1.54) is 4.88 Å². The molecule has 1 unspecified atom stereocenters. The normalized spacial score (nSPS) is 19.8. The number of aryl methyl sites for hydroxylation is 1. The van der Waals surface area contributed by atoms with Gasteiger partial charge < -0.3 is 9.67 Å². The van der Waals surface area contributed by atoms with Gasteiger partial charge in [0.25, 0.3) is 0 Å². The first-order valence-corrected chi connectivity index (χ1v) is 6.83. The Labute approximate surface area is 106 Å². The largest absolute Gasteiger partial charge is 0.391 e. The minimum absolute atomic E-state index is 0.218. The Morgan fingerprint density at radius 3 is 3.12 bits per heavy atom. The monoisotopic (exact) mass is 298 g/mol. The van der Waals surface area contributed by atoms with Crippen LogP contribution in [0.4, 0.5) is 0 Å². The Balaban J connectivity index is 1.98. The lowest BCUT2D eigenvalue weighted by atomic mass is 10.1. The number of halogens is 1. The third-order valence-corrected chi connectivity index (χ3v) is 4.44. The number of hydrogen-bond donors (Lipinski definition) is 1. The lowest BCUT2D eigenvalue weighted by molar-refractivity contribution is 0.130. The molecule has 3 nitrogen and oxygen atoms in total. The summed E-state index contributed by atoms with van der Waals surface area (Å²) in [6.45, 7) is 0.675. The van der Waals surface area contributed by atoms with Crippen molar-refractivity contribution in [3.63, 3.8) is 0 Å². The lowest BCUT2D eigenvalue weighted by Gasteiger charge is -2.18. The van der Waals surface area contributed by atoms with Crippen LogP contribution in [0.15, 0.2) is 22.1 Å². The Hall–Kier alpha value is -0.650. The molecular weight excluding hydrogens is 288 g/mol. The highest BCUT2D eigenvalue weighted by molar-refractivity contribution is 9.11. The summed E-state index contributed by atoms with van der Waals surface area (Å²) < 4.78 is 3.19. The average molecular weight is 299 g/mol. The molecule has 84 valence electrons. The summed E-state index contributed by atoms with van der Waals surface area (Å²) in [4.78, 5) is 5.78. The predicted octanol–water partition coefficient (Wildman–Crippen LogP) is 2.68. The van der Waals surface area contributed by atoms with Gasteiger partial charge in [0.1, 0.15) is 5.82 Å². The molecule has 16 heavy (non-hydrogen) atoms. The van der Waals surface area contributed by atoms with Gasteiger partial charge in [-0.1, -0.05) is 0 Å². The first-order chi connectivity index (χ1) is 7.72. The fraction of sp³-hybridized carbons (Fsp3) is 0.364. The predicted molar refractivity (Wildman–Crippen MR) is 67.6 cm³/mol. The highest BCUT2D eigenvalue weighted by atomic mass is 79.9. The number of fused-ring (bicyclic) bond motifs is 1. The van der Waals surface area contributed by atoms with Gasteiger partial charge in [-0.05, 0) is 34.5 Å². The van der Waals surface area contributed by atoms with Gasteiger partial charge in [0.2, 0.25) is 0 Å². The number of aliphatic hydroxyl groups excluding tert-OH is 1. The lowest BCUT2D eigenvalue weighted by Crippen LogP contribution is -2.23. The Morgan fingerprint density at radius 1 is 1.50 bits per heavy atom. The van der Waals surface area contributed by atoms with Crippen LogP contribution in [0.1, 0.15) is 12.2 Å². The molecule has 3 heterocycles. The van der Waals surface area contributed by atoms with Gasteiger partial charge in [0.15, 0.2) is 0 Å². The summed E-state index contributed by atoms with van der Waals surface area (Å²) in [5.41, 5.74) is 1.01. The second kappa shape index (κ2) is 3.98. The standard InChI is InChI=1S/C11H11BrN2OS/c12-10-3-2-9(16-10)8-6-14-5-7(15)1-4-11(14)13-8/h2-3,6-7,15H,1,4-5H2. The number of rotatable bonds is 1. The van der Waals surface area contributed by atoms with E-state index in [0.717, 1.165) is 28.1 Å². The molecule has 0 spiro atoms. The second-order valence-electron chi connectivity index (χ2n) is 3.99. The Kier molecular flexibility index (Phi) is 2.61. The molecule has 0 saturated heterocycles. The van der Waals surface area contributed by atoms with Gasteiger partial charge in [-0.3, -0.25) is 0 Å². The van der Waals surface area contributed by atoms with E-state index in [4.69, 9.17) is 0 Å². The van der Waals surface area contributed by atoms with E-state index in [2.05, 4.69) is 31.5 Å². The number of imidazole rings is 1. The van der Waals surface area contributed by atoms with Crippen LogP contribution in [0.2, 0.25) is 0 Å². The van der Waals surface area contributed by atoms with Crippen molar-refractivity contribution in [1.82, 2.24) is 9.55 Å². The van der Waals surface area contributed by atoms with Crippen molar-refractivity contribution in [2.75, 3.05) is 0 Å². The molecule has 0 radical (unpaired) electrons. The first-order valence-electron chi connectivity index (χ1n) is 5.22. The summed E-state index contributed by atoms with van der Waals surface area (Å²) in [5.74, 6) is 1.09. The number of nitrogens with zero attached hydrogens (tertiary/aromatic N) is 2. The highest BCUT2D eigenvalue weighted by Crippen LogP contribution is 2.31. The van der Waals surface area contributed by atoms with Gasteiger partial charge in [-0.15, -0.1) is 11.3 Å². The molecule has 2 aromatic rings. The van der Waals surface area contributed by atoms with Crippen LogP contribution in [0.5, 0.6) is 0 Å². The third-order valence-electron chi connectivity index (χ3n) is 2.79. The van der Waals surface area contributed by atoms with Gasteiger partial charge >= 0.3 is 0 Å². The summed E-state index contributed by atoms with van der Waals surface area (Å²) in [6, 6.07) is 4.10. The van der Waals surface area contributed by atoms with Crippen LogP contribution in [-0.4, -0.2) is 20.8 Å². The number of thiophene rings is 1. The molecule has 1 atom stereocenters. The first kappa shape index (κ1) is 10.5. The zero-order chi connectivity index (χ0) is 11.1. The van der Waals surface area contributed by atoms with E-state index in [1.54, 1.807) is 11.3 Å². The highest BCUT2D eigenvalue weighted by Gasteiger charge is 2.19. The van der Waals surface area contributed by atoms with Gasteiger partial charge in [0, 0.05) is 19.2 Å². The van der Waals surface area contributed by atoms with Crippen molar-refractivity contribution in [2.24, 2.45) is 0 Å². The SMILES string of the molecule is OC1CCc2nc(-c3ccc(Br)s3)cn2C1. The second-order valence-corrected chi connectivity index (χ2v) is 6.45. The molecule has 2 aromatic heterocycles. The minimum Gasteiger partial charge on any atom is -0.391 e. The summed E-state index contributed by atoms with van der Waals surface area (Å²) in [7, 11) is 0. The minimum atomic E-state index is -0.218. The van der Waals surface area contributed by atoms with Crippen molar-refractivity contribution >= 4 is 27.3 Å². The zero-order valence-electron chi connectivity index (χ0n) is 8.56. The number of aliphatic hydroxyl groups is 1. The molecule has 0 fully saturated rings. The van der Waals surface area contributed by atoms with Gasteiger partial charge in [-0.25, -0.2) is 4.98 Å². The molecule has 5 heteroatoms. The van der Waals surface area contributed by atoms with Crippen molar-refractivity contribution in [1.29, 1.82) is 0 Å². The summed E-state index contributed by atoms with van der Waals surface area (Å²) in [6.07, 6.45) is 3.51. The fourth-order valence-corrected chi connectivity index (χ4v) is 3.34. The maximum atomic E-state index is 9.59. The molecule has 1 aliphatic rings. The van der Waals surface area contributed by atoms with E-state index in [-0.39, 0.29) is 6.10 Å². The van der Waals surface area contributed by atoms with Crippen LogP contribution in [-0.2, 0) is 13.0 Å².